The molecule has 7 nitrogen and oxygen atoms in total. The Morgan fingerprint density at radius 1 is 1.14 bits per heavy atom. The van der Waals surface area contributed by atoms with Crippen molar-refractivity contribution in [1.29, 1.82) is 0 Å². The maximum Gasteiger partial charge on any atom is 0.224 e. The molecule has 3 heterocycles. The van der Waals surface area contributed by atoms with Crippen molar-refractivity contribution in [2.45, 2.75) is 13.8 Å². The molecule has 0 saturated heterocycles. The average molecular weight is 376 g/mol. The van der Waals surface area contributed by atoms with E-state index in [1.54, 1.807) is 0 Å². The Morgan fingerprint density at radius 2 is 1.96 bits per heavy atom. The van der Waals surface area contributed by atoms with Gasteiger partial charge >= 0.3 is 0 Å². The molecule has 4 aromatic rings. The summed E-state index contributed by atoms with van der Waals surface area (Å²) in [4.78, 5) is 9.17. The summed E-state index contributed by atoms with van der Waals surface area (Å²) in [6.07, 6.45) is 3.99. The summed E-state index contributed by atoms with van der Waals surface area (Å²) >= 11 is 0. The van der Waals surface area contributed by atoms with Crippen LogP contribution in [0.1, 0.15) is 11.5 Å². The Kier molecular flexibility index (Phi) is 4.83. The van der Waals surface area contributed by atoms with Gasteiger partial charge in [-0.1, -0.05) is 23.4 Å². The van der Waals surface area contributed by atoms with Gasteiger partial charge in [0.1, 0.15) is 11.4 Å². The fraction of sp³-hybridized carbons (Fsp3) is 0.286. The largest absolute Gasteiger partial charge is 0.361 e. The van der Waals surface area contributed by atoms with Crippen LogP contribution in [0, 0.1) is 13.8 Å². The van der Waals surface area contributed by atoms with E-state index in [4.69, 9.17) is 4.52 Å². The van der Waals surface area contributed by atoms with Crippen LogP contribution < -0.4 is 10.6 Å². The second-order valence-electron chi connectivity index (χ2n) is 6.89. The summed E-state index contributed by atoms with van der Waals surface area (Å²) < 4.78 is 7.38. The van der Waals surface area contributed by atoms with Crippen molar-refractivity contribution in [3.8, 4) is 22.3 Å². The lowest BCUT2D eigenvalue weighted by molar-refractivity contribution is 0.393. The monoisotopic (exact) mass is 376 g/mol. The van der Waals surface area contributed by atoms with Crippen molar-refractivity contribution in [3.63, 3.8) is 0 Å². The summed E-state index contributed by atoms with van der Waals surface area (Å²) in [5, 5.41) is 11.4. The van der Waals surface area contributed by atoms with Crippen molar-refractivity contribution < 1.29 is 4.52 Å². The van der Waals surface area contributed by atoms with Crippen LogP contribution >= 0.6 is 0 Å². The molecule has 3 aromatic heterocycles. The maximum absolute atomic E-state index is 5.34. The molecule has 0 amide bonds. The minimum absolute atomic E-state index is 0.639. The van der Waals surface area contributed by atoms with Crippen LogP contribution in [0.25, 0.3) is 33.3 Å². The van der Waals surface area contributed by atoms with E-state index >= 15 is 0 Å². The fourth-order valence-electron chi connectivity index (χ4n) is 3.51. The molecule has 2 N–H and O–H groups in total. The third-order valence-electron chi connectivity index (χ3n) is 4.87. The minimum Gasteiger partial charge on any atom is -0.361 e. The normalized spacial score (nSPS) is 11.3. The molecule has 0 fully saturated rings. The van der Waals surface area contributed by atoms with Crippen LogP contribution in [-0.4, -0.2) is 39.8 Å². The molecule has 7 heteroatoms. The third kappa shape index (κ3) is 3.25. The molecule has 0 bridgehead atoms. The first kappa shape index (κ1) is 18.2. The first-order chi connectivity index (χ1) is 13.6. The number of hydrogen-bond donors (Lipinski definition) is 2. The standard InChI is InChI=1S/C21H24N6O/c1-13-19(14(2)28-26-13)16-7-5-6-15(10-16)18-12-27(4)20-17(18)11-24-21(25-20)23-9-8-22-3/h5-7,10-12,22H,8-9H2,1-4H3,(H,23,24,25). The number of aromatic nitrogens is 4. The van der Waals surface area contributed by atoms with Gasteiger partial charge in [-0.3, -0.25) is 0 Å². The van der Waals surface area contributed by atoms with Gasteiger partial charge in [-0.25, -0.2) is 4.98 Å². The van der Waals surface area contributed by atoms with Crippen LogP contribution in [0.3, 0.4) is 0 Å². The number of aryl methyl sites for hydroxylation is 3. The first-order valence-electron chi connectivity index (χ1n) is 9.32. The van der Waals surface area contributed by atoms with E-state index in [-0.39, 0.29) is 0 Å². The maximum atomic E-state index is 5.34. The van der Waals surface area contributed by atoms with Gasteiger partial charge in [0, 0.05) is 49.0 Å². The molecule has 0 aliphatic heterocycles. The predicted octanol–water partition coefficient (Wildman–Crippen LogP) is 3.54. The molecule has 0 unspecified atom stereocenters. The second kappa shape index (κ2) is 7.44. The SMILES string of the molecule is CNCCNc1ncc2c(-c3cccc(-c4c(C)noc4C)c3)cn(C)c2n1. The van der Waals surface area contributed by atoms with Gasteiger partial charge in [-0.2, -0.15) is 4.98 Å². The lowest BCUT2D eigenvalue weighted by Crippen LogP contribution is -2.18. The summed E-state index contributed by atoms with van der Waals surface area (Å²) in [7, 11) is 3.93. The highest BCUT2D eigenvalue weighted by Crippen LogP contribution is 2.34. The van der Waals surface area contributed by atoms with Crippen LogP contribution in [0.2, 0.25) is 0 Å². The van der Waals surface area contributed by atoms with E-state index in [1.807, 2.05) is 38.7 Å². The third-order valence-corrected chi connectivity index (χ3v) is 4.87. The van der Waals surface area contributed by atoms with E-state index in [9.17, 15) is 0 Å². The van der Waals surface area contributed by atoms with Crippen molar-refractivity contribution in [2.75, 3.05) is 25.5 Å². The van der Waals surface area contributed by atoms with E-state index in [0.717, 1.165) is 57.8 Å². The Balaban J connectivity index is 1.75. The Bertz CT molecular complexity index is 1110. The summed E-state index contributed by atoms with van der Waals surface area (Å²) in [6.45, 7) is 5.54. The van der Waals surface area contributed by atoms with Gasteiger partial charge in [0.25, 0.3) is 0 Å². The van der Waals surface area contributed by atoms with Gasteiger partial charge in [0.05, 0.1) is 5.69 Å². The quantitative estimate of drug-likeness (QED) is 0.501. The van der Waals surface area contributed by atoms with E-state index in [2.05, 4.69) is 56.2 Å². The number of fused-ring (bicyclic) bond motifs is 1. The molecule has 0 saturated carbocycles. The number of rotatable bonds is 6. The van der Waals surface area contributed by atoms with Gasteiger partial charge < -0.3 is 19.7 Å². The Hall–Kier alpha value is -3.19. The van der Waals surface area contributed by atoms with Crippen LogP contribution in [0.5, 0.6) is 0 Å². The van der Waals surface area contributed by atoms with E-state index < -0.39 is 0 Å². The van der Waals surface area contributed by atoms with Crippen molar-refractivity contribution in [2.24, 2.45) is 7.05 Å². The second-order valence-corrected chi connectivity index (χ2v) is 6.89. The van der Waals surface area contributed by atoms with Gasteiger partial charge in [0.15, 0.2) is 0 Å². The summed E-state index contributed by atoms with van der Waals surface area (Å²) in [6, 6.07) is 8.42. The van der Waals surface area contributed by atoms with Gasteiger partial charge in [-0.15, -0.1) is 0 Å². The molecule has 28 heavy (non-hydrogen) atoms. The molecule has 1 aromatic carbocycles. The number of nitrogens with one attached hydrogen (secondary N) is 2. The van der Waals surface area contributed by atoms with Crippen molar-refractivity contribution in [3.05, 3.63) is 48.1 Å². The van der Waals surface area contributed by atoms with Crippen molar-refractivity contribution >= 4 is 17.0 Å². The zero-order valence-electron chi connectivity index (χ0n) is 16.6. The lowest BCUT2D eigenvalue weighted by atomic mass is 9.98. The zero-order valence-corrected chi connectivity index (χ0v) is 16.6. The highest BCUT2D eigenvalue weighted by atomic mass is 16.5. The minimum atomic E-state index is 0.639. The van der Waals surface area contributed by atoms with Gasteiger partial charge in [-0.05, 0) is 38.1 Å². The molecule has 144 valence electrons. The highest BCUT2D eigenvalue weighted by Gasteiger charge is 2.15. The van der Waals surface area contributed by atoms with Crippen LogP contribution in [0.15, 0.2) is 41.2 Å². The average Bonchev–Trinajstić information content (AvgIpc) is 3.21. The highest BCUT2D eigenvalue weighted by molar-refractivity contribution is 5.94. The number of likely N-dealkylation sites (N-methyl/N-ethyl adjacent to an activating group) is 1. The Morgan fingerprint density at radius 3 is 2.71 bits per heavy atom. The molecular formula is C21H24N6O. The number of nitrogens with zero attached hydrogens (tertiary/aromatic N) is 4. The zero-order chi connectivity index (χ0) is 19.7. The van der Waals surface area contributed by atoms with E-state index in [0.29, 0.717) is 5.95 Å². The van der Waals surface area contributed by atoms with Gasteiger partial charge in [0.2, 0.25) is 5.95 Å². The smallest absolute Gasteiger partial charge is 0.224 e. The molecule has 0 atom stereocenters. The predicted molar refractivity (Wildman–Crippen MR) is 111 cm³/mol. The number of anilines is 1. The molecule has 4 rings (SSSR count). The first-order valence-corrected chi connectivity index (χ1v) is 9.32. The molecule has 0 spiro atoms. The van der Waals surface area contributed by atoms with Crippen LogP contribution in [-0.2, 0) is 7.05 Å². The molecular weight excluding hydrogens is 352 g/mol. The van der Waals surface area contributed by atoms with Crippen LogP contribution in [0.4, 0.5) is 5.95 Å². The molecule has 0 aliphatic carbocycles. The number of hydrogen-bond acceptors (Lipinski definition) is 6. The Labute approximate surface area is 163 Å². The molecule has 0 radical (unpaired) electrons. The lowest BCUT2D eigenvalue weighted by Gasteiger charge is -2.06. The summed E-state index contributed by atoms with van der Waals surface area (Å²) in [5.74, 6) is 1.47. The topological polar surface area (TPSA) is 80.8 Å². The summed E-state index contributed by atoms with van der Waals surface area (Å²) in [5.41, 5.74) is 6.16. The molecule has 0 aliphatic rings. The van der Waals surface area contributed by atoms with E-state index in [1.165, 1.54) is 0 Å². The fourth-order valence-corrected chi connectivity index (χ4v) is 3.51. The number of benzene rings is 1. The van der Waals surface area contributed by atoms with Crippen molar-refractivity contribution in [1.82, 2.24) is 25.0 Å².